The van der Waals surface area contributed by atoms with Gasteiger partial charge in [-0.1, -0.05) is 189 Å². The van der Waals surface area contributed by atoms with Gasteiger partial charge in [-0.3, -0.25) is 14.4 Å². The molecule has 0 aromatic rings. The summed E-state index contributed by atoms with van der Waals surface area (Å²) in [5.74, 6) is -0.967. The number of carbonyl (C=O) groups is 3. The molecular weight excluding hydrogens is 769 g/mol. The summed E-state index contributed by atoms with van der Waals surface area (Å²) in [4.78, 5) is 37.9. The van der Waals surface area contributed by atoms with E-state index >= 15 is 0 Å². The van der Waals surface area contributed by atoms with Crippen LogP contribution in [-0.2, 0) is 28.6 Å². The third-order valence-corrected chi connectivity index (χ3v) is 10.6. The average Bonchev–Trinajstić information content (AvgIpc) is 3.27. The van der Waals surface area contributed by atoms with E-state index in [-0.39, 0.29) is 31.1 Å². The Hall–Kier alpha value is -3.41. The summed E-state index contributed by atoms with van der Waals surface area (Å²) in [6.45, 7) is 6.41. The molecule has 0 fully saturated rings. The first-order chi connectivity index (χ1) is 30.5. The summed E-state index contributed by atoms with van der Waals surface area (Å²) in [6, 6.07) is 0. The molecule has 0 saturated heterocycles. The van der Waals surface area contributed by atoms with Crippen LogP contribution in [0.2, 0.25) is 0 Å². The highest BCUT2D eigenvalue weighted by Crippen LogP contribution is 2.13. The second-order valence-corrected chi connectivity index (χ2v) is 16.7. The summed E-state index contributed by atoms with van der Waals surface area (Å²) in [7, 11) is 0. The fraction of sp³-hybridized carbons (Fsp3) is 0.696. The van der Waals surface area contributed by atoms with Crippen LogP contribution in [0.5, 0.6) is 0 Å². The Morgan fingerprint density at radius 2 is 0.645 bits per heavy atom. The van der Waals surface area contributed by atoms with E-state index in [1.54, 1.807) is 0 Å². The Morgan fingerprint density at radius 3 is 1.08 bits per heavy atom. The molecule has 6 heteroatoms. The number of unbranched alkanes of at least 4 members (excludes halogenated alkanes) is 20. The molecule has 0 aliphatic carbocycles. The first-order valence-corrected chi connectivity index (χ1v) is 25.6. The average molecular weight is 863 g/mol. The van der Waals surface area contributed by atoms with Gasteiger partial charge in [-0.25, -0.2) is 0 Å². The zero-order valence-electron chi connectivity index (χ0n) is 40.4. The zero-order valence-corrected chi connectivity index (χ0v) is 40.4. The summed E-state index contributed by atoms with van der Waals surface area (Å²) in [5, 5.41) is 0. The van der Waals surface area contributed by atoms with Gasteiger partial charge in [-0.05, 0) is 109 Å². The largest absolute Gasteiger partial charge is 0.462 e. The second-order valence-electron chi connectivity index (χ2n) is 16.7. The van der Waals surface area contributed by atoms with Crippen molar-refractivity contribution in [2.24, 2.45) is 0 Å². The van der Waals surface area contributed by atoms with Crippen LogP contribution in [0.1, 0.15) is 233 Å². The van der Waals surface area contributed by atoms with Gasteiger partial charge in [0, 0.05) is 19.3 Å². The van der Waals surface area contributed by atoms with Gasteiger partial charge >= 0.3 is 17.9 Å². The fourth-order valence-electron chi connectivity index (χ4n) is 6.74. The molecule has 0 rings (SSSR count). The third-order valence-electron chi connectivity index (χ3n) is 10.6. The minimum absolute atomic E-state index is 0.101. The second kappa shape index (κ2) is 50.2. The van der Waals surface area contributed by atoms with E-state index in [0.29, 0.717) is 19.3 Å². The SMILES string of the molecule is CC/C=C\C/C=C\C/C=C\C/C=C\CCCCC(=O)OCC(COC(=O)CCCCCCC/C=C\C/C=C\CCCC)OC(=O)CCCCCCC/C=C\CCCCCCCC. The van der Waals surface area contributed by atoms with Crippen LogP contribution in [0, 0.1) is 0 Å². The van der Waals surface area contributed by atoms with Crippen LogP contribution < -0.4 is 0 Å². The molecule has 0 spiro atoms. The Morgan fingerprint density at radius 1 is 0.339 bits per heavy atom. The lowest BCUT2D eigenvalue weighted by atomic mass is 10.1. The lowest BCUT2D eigenvalue weighted by molar-refractivity contribution is -0.167. The monoisotopic (exact) mass is 863 g/mol. The highest BCUT2D eigenvalue weighted by atomic mass is 16.6. The molecule has 0 saturated carbocycles. The quantitative estimate of drug-likeness (QED) is 0.0263. The third kappa shape index (κ3) is 47.6. The molecule has 0 aliphatic heterocycles. The smallest absolute Gasteiger partial charge is 0.306 e. The zero-order chi connectivity index (χ0) is 45.1. The Kier molecular flexibility index (Phi) is 47.5. The molecule has 0 aromatic heterocycles. The molecule has 354 valence electrons. The van der Waals surface area contributed by atoms with Crippen LogP contribution in [0.3, 0.4) is 0 Å². The normalized spacial score (nSPS) is 12.8. The van der Waals surface area contributed by atoms with Crippen LogP contribution in [0.4, 0.5) is 0 Å². The van der Waals surface area contributed by atoms with Crippen LogP contribution in [0.25, 0.3) is 0 Å². The maximum absolute atomic E-state index is 12.8. The minimum atomic E-state index is -0.803. The maximum atomic E-state index is 12.8. The van der Waals surface area contributed by atoms with Crippen LogP contribution in [-0.4, -0.2) is 37.2 Å². The Balaban J connectivity index is 4.49. The number of hydrogen-bond acceptors (Lipinski definition) is 6. The van der Waals surface area contributed by atoms with Crippen molar-refractivity contribution in [3.05, 3.63) is 85.1 Å². The number of esters is 3. The van der Waals surface area contributed by atoms with Crippen molar-refractivity contribution in [1.82, 2.24) is 0 Å². The predicted molar refractivity (Wildman–Crippen MR) is 265 cm³/mol. The van der Waals surface area contributed by atoms with Gasteiger partial charge in [-0.2, -0.15) is 0 Å². The molecule has 1 atom stereocenters. The van der Waals surface area contributed by atoms with E-state index in [0.717, 1.165) is 122 Å². The number of ether oxygens (including phenoxy) is 3. The highest BCUT2D eigenvalue weighted by Gasteiger charge is 2.19. The number of hydrogen-bond donors (Lipinski definition) is 0. The predicted octanol–water partition coefficient (Wildman–Crippen LogP) is 16.8. The number of allylic oxidation sites excluding steroid dienone is 14. The highest BCUT2D eigenvalue weighted by molar-refractivity contribution is 5.71. The van der Waals surface area contributed by atoms with Gasteiger partial charge in [-0.15, -0.1) is 0 Å². The topological polar surface area (TPSA) is 78.9 Å². The van der Waals surface area contributed by atoms with E-state index in [9.17, 15) is 14.4 Å². The van der Waals surface area contributed by atoms with Crippen molar-refractivity contribution >= 4 is 17.9 Å². The van der Waals surface area contributed by atoms with Gasteiger partial charge in [0.1, 0.15) is 13.2 Å². The van der Waals surface area contributed by atoms with Crippen molar-refractivity contribution in [2.45, 2.75) is 239 Å². The summed E-state index contributed by atoms with van der Waals surface area (Å²) < 4.78 is 16.7. The molecule has 0 heterocycles. The molecule has 0 N–H and O–H groups in total. The molecule has 0 aromatic carbocycles. The van der Waals surface area contributed by atoms with Gasteiger partial charge in [0.15, 0.2) is 6.10 Å². The molecule has 0 radical (unpaired) electrons. The molecule has 0 aliphatic rings. The Labute approximate surface area is 382 Å². The Bertz CT molecular complexity index is 1220. The molecular formula is C56H94O6. The first kappa shape index (κ1) is 58.6. The standard InChI is InChI=1S/C56H94O6/c1-4-7-10-13-16-19-22-25-28-31-34-37-40-43-46-49-55(58)61-52-53(51-60-54(57)48-45-42-39-36-33-30-27-24-21-18-15-12-9-6-3)62-56(59)50-47-44-41-38-35-32-29-26-23-20-17-14-11-8-5-2/h7,10,15-16,18-19,24-29,34,37,53H,4-6,8-9,11-14,17,20-23,30-33,35-36,38-52H2,1-3H3/b10-7-,18-15-,19-16-,27-24-,28-25-,29-26-,37-34-. The van der Waals surface area contributed by atoms with Gasteiger partial charge in [0.2, 0.25) is 0 Å². The van der Waals surface area contributed by atoms with E-state index in [4.69, 9.17) is 14.2 Å². The maximum Gasteiger partial charge on any atom is 0.306 e. The van der Waals surface area contributed by atoms with E-state index in [1.165, 1.54) is 70.6 Å². The lowest BCUT2D eigenvalue weighted by Crippen LogP contribution is -2.30. The van der Waals surface area contributed by atoms with Crippen LogP contribution in [0.15, 0.2) is 85.1 Å². The lowest BCUT2D eigenvalue weighted by Gasteiger charge is -2.18. The first-order valence-electron chi connectivity index (χ1n) is 25.6. The summed E-state index contributed by atoms with van der Waals surface area (Å²) in [5.41, 5.74) is 0. The van der Waals surface area contributed by atoms with Crippen molar-refractivity contribution in [3.8, 4) is 0 Å². The van der Waals surface area contributed by atoms with E-state index in [1.807, 2.05) is 0 Å². The molecule has 1 unspecified atom stereocenters. The van der Waals surface area contributed by atoms with Crippen molar-refractivity contribution in [2.75, 3.05) is 13.2 Å². The summed E-state index contributed by atoms with van der Waals surface area (Å²) in [6.07, 6.45) is 64.2. The van der Waals surface area contributed by atoms with Gasteiger partial charge in [0.05, 0.1) is 0 Å². The fourth-order valence-corrected chi connectivity index (χ4v) is 6.74. The molecule has 0 bridgehead atoms. The number of rotatable bonds is 45. The minimum Gasteiger partial charge on any atom is -0.462 e. The van der Waals surface area contributed by atoms with Gasteiger partial charge < -0.3 is 14.2 Å². The van der Waals surface area contributed by atoms with Crippen molar-refractivity contribution < 1.29 is 28.6 Å². The number of carbonyl (C=O) groups excluding carboxylic acids is 3. The van der Waals surface area contributed by atoms with E-state index < -0.39 is 6.10 Å². The summed E-state index contributed by atoms with van der Waals surface area (Å²) >= 11 is 0. The van der Waals surface area contributed by atoms with Crippen molar-refractivity contribution in [3.63, 3.8) is 0 Å². The van der Waals surface area contributed by atoms with E-state index in [2.05, 4.69) is 106 Å². The van der Waals surface area contributed by atoms with Crippen LogP contribution >= 0.6 is 0 Å². The molecule has 0 amide bonds. The molecule has 6 nitrogen and oxygen atoms in total. The molecule has 62 heavy (non-hydrogen) atoms. The van der Waals surface area contributed by atoms with Gasteiger partial charge in [0.25, 0.3) is 0 Å². The van der Waals surface area contributed by atoms with Crippen molar-refractivity contribution in [1.29, 1.82) is 0 Å².